The minimum Gasteiger partial charge on any atom is -0.330 e. The van der Waals surface area contributed by atoms with Gasteiger partial charge in [-0.25, -0.2) is 4.39 Å². The zero-order valence-electron chi connectivity index (χ0n) is 11.3. The summed E-state index contributed by atoms with van der Waals surface area (Å²) in [5.74, 6) is -0.563. The third kappa shape index (κ3) is 3.42. The molecular weight excluding hydrogens is 255 g/mol. The van der Waals surface area contributed by atoms with Gasteiger partial charge in [0, 0.05) is 11.3 Å². The molecule has 4 heteroatoms. The summed E-state index contributed by atoms with van der Waals surface area (Å²) in [6.45, 7) is 2.23. The van der Waals surface area contributed by atoms with Gasteiger partial charge < -0.3 is 11.1 Å². The van der Waals surface area contributed by atoms with E-state index in [1.54, 1.807) is 6.92 Å². The second-order valence-corrected chi connectivity index (χ2v) is 4.65. The average Bonchev–Trinajstić information content (AvgIpc) is 2.44. The fourth-order valence-electron chi connectivity index (χ4n) is 1.91. The number of nitrogens with two attached hydrogens (primary N) is 1. The van der Waals surface area contributed by atoms with Gasteiger partial charge in [-0.3, -0.25) is 4.79 Å². The molecule has 0 atom stereocenters. The second-order valence-electron chi connectivity index (χ2n) is 4.65. The topological polar surface area (TPSA) is 55.1 Å². The number of anilines is 1. The Morgan fingerprint density at radius 1 is 1.20 bits per heavy atom. The predicted octanol–water partition coefficient (Wildman–Crippen LogP) is 2.89. The van der Waals surface area contributed by atoms with Crippen molar-refractivity contribution in [1.29, 1.82) is 0 Å². The van der Waals surface area contributed by atoms with Crippen molar-refractivity contribution in [3.8, 4) is 0 Å². The number of halogens is 1. The van der Waals surface area contributed by atoms with Gasteiger partial charge in [-0.2, -0.15) is 0 Å². The van der Waals surface area contributed by atoms with Crippen molar-refractivity contribution in [3.05, 3.63) is 65.0 Å². The number of hydrogen-bond acceptors (Lipinski definition) is 2. The summed E-state index contributed by atoms with van der Waals surface area (Å²) in [7, 11) is 0. The Hall–Kier alpha value is -2.20. The van der Waals surface area contributed by atoms with Gasteiger partial charge in [0.25, 0.3) is 5.91 Å². The molecule has 0 aliphatic heterocycles. The lowest BCUT2D eigenvalue weighted by Gasteiger charge is -2.07. The largest absolute Gasteiger partial charge is 0.330 e. The maximum atomic E-state index is 13.2. The predicted molar refractivity (Wildman–Crippen MR) is 78.3 cm³/mol. The minimum absolute atomic E-state index is 0.250. The van der Waals surface area contributed by atoms with E-state index < -0.39 is 0 Å². The third-order valence-electron chi connectivity index (χ3n) is 3.06. The fraction of sp³-hybridized carbons (Fsp3) is 0.188. The van der Waals surface area contributed by atoms with E-state index in [4.69, 9.17) is 5.73 Å². The van der Waals surface area contributed by atoms with E-state index in [0.29, 0.717) is 23.4 Å². The van der Waals surface area contributed by atoms with Crippen molar-refractivity contribution < 1.29 is 9.18 Å². The number of hydrogen-bond donors (Lipinski definition) is 2. The van der Waals surface area contributed by atoms with Gasteiger partial charge >= 0.3 is 0 Å². The standard InChI is InChI=1S/C16H17FN2O/c1-11-10-13(4-7-15(11)17)16(20)19-14-5-2-12(3-6-14)8-9-18/h2-7,10H,8-9,18H2,1H3,(H,19,20). The number of aryl methyl sites for hydroxylation is 1. The Morgan fingerprint density at radius 3 is 2.50 bits per heavy atom. The lowest BCUT2D eigenvalue weighted by atomic mass is 10.1. The summed E-state index contributed by atoms with van der Waals surface area (Å²) < 4.78 is 13.2. The van der Waals surface area contributed by atoms with Crippen LogP contribution in [0.1, 0.15) is 21.5 Å². The molecule has 0 saturated carbocycles. The van der Waals surface area contributed by atoms with Crippen LogP contribution in [0.15, 0.2) is 42.5 Å². The van der Waals surface area contributed by atoms with E-state index >= 15 is 0 Å². The van der Waals surface area contributed by atoms with Gasteiger partial charge in [-0.1, -0.05) is 12.1 Å². The number of amides is 1. The highest BCUT2D eigenvalue weighted by Gasteiger charge is 2.08. The molecule has 0 saturated heterocycles. The van der Waals surface area contributed by atoms with Crippen molar-refractivity contribution in [2.24, 2.45) is 5.73 Å². The lowest BCUT2D eigenvalue weighted by molar-refractivity contribution is 0.102. The molecule has 20 heavy (non-hydrogen) atoms. The van der Waals surface area contributed by atoms with Crippen LogP contribution >= 0.6 is 0 Å². The molecule has 2 rings (SSSR count). The first-order chi connectivity index (χ1) is 9.60. The van der Waals surface area contributed by atoms with Crippen LogP contribution in [0, 0.1) is 12.7 Å². The quantitative estimate of drug-likeness (QED) is 0.899. The highest BCUT2D eigenvalue weighted by Crippen LogP contribution is 2.14. The van der Waals surface area contributed by atoms with Crippen LogP contribution < -0.4 is 11.1 Å². The molecule has 0 unspecified atom stereocenters. The van der Waals surface area contributed by atoms with Gasteiger partial charge in [0.05, 0.1) is 0 Å². The third-order valence-corrected chi connectivity index (χ3v) is 3.06. The molecule has 0 fully saturated rings. The van der Waals surface area contributed by atoms with Crippen molar-refractivity contribution in [2.45, 2.75) is 13.3 Å². The van der Waals surface area contributed by atoms with Crippen LogP contribution in [0.4, 0.5) is 10.1 Å². The Labute approximate surface area is 117 Å². The molecule has 0 aliphatic carbocycles. The zero-order valence-corrected chi connectivity index (χ0v) is 11.3. The fourth-order valence-corrected chi connectivity index (χ4v) is 1.91. The van der Waals surface area contributed by atoms with Gasteiger partial charge in [0.2, 0.25) is 0 Å². The lowest BCUT2D eigenvalue weighted by Crippen LogP contribution is -2.12. The smallest absolute Gasteiger partial charge is 0.255 e. The number of carbonyl (C=O) groups is 1. The Bertz CT molecular complexity index is 608. The highest BCUT2D eigenvalue weighted by molar-refractivity contribution is 6.04. The van der Waals surface area contributed by atoms with E-state index in [2.05, 4.69) is 5.32 Å². The van der Waals surface area contributed by atoms with E-state index in [9.17, 15) is 9.18 Å². The molecule has 0 aliphatic rings. The summed E-state index contributed by atoms with van der Waals surface area (Å²) in [6, 6.07) is 11.8. The average molecular weight is 272 g/mol. The maximum absolute atomic E-state index is 13.2. The molecule has 0 radical (unpaired) electrons. The highest BCUT2D eigenvalue weighted by atomic mass is 19.1. The normalized spacial score (nSPS) is 10.3. The van der Waals surface area contributed by atoms with Gasteiger partial charge in [0.15, 0.2) is 0 Å². The molecule has 3 nitrogen and oxygen atoms in total. The summed E-state index contributed by atoms with van der Waals surface area (Å²) in [5.41, 5.74) is 8.21. The monoisotopic (exact) mass is 272 g/mol. The Balaban J connectivity index is 2.08. The zero-order chi connectivity index (χ0) is 14.5. The van der Waals surface area contributed by atoms with Crippen LogP contribution in [-0.2, 0) is 6.42 Å². The molecule has 0 heterocycles. The molecule has 2 aromatic rings. The number of rotatable bonds is 4. The van der Waals surface area contributed by atoms with Crippen molar-refractivity contribution in [1.82, 2.24) is 0 Å². The first-order valence-corrected chi connectivity index (χ1v) is 6.46. The van der Waals surface area contributed by atoms with E-state index in [0.717, 1.165) is 12.0 Å². The van der Waals surface area contributed by atoms with E-state index in [-0.39, 0.29) is 11.7 Å². The molecule has 104 valence electrons. The minimum atomic E-state index is -0.312. The van der Waals surface area contributed by atoms with Gasteiger partial charge in [0.1, 0.15) is 5.82 Å². The maximum Gasteiger partial charge on any atom is 0.255 e. The Kier molecular flexibility index (Phi) is 4.48. The molecular formula is C16H17FN2O. The van der Waals surface area contributed by atoms with Crippen LogP contribution in [0.25, 0.3) is 0 Å². The summed E-state index contributed by atoms with van der Waals surface area (Å²) in [6.07, 6.45) is 0.811. The SMILES string of the molecule is Cc1cc(C(=O)Nc2ccc(CCN)cc2)ccc1F. The molecule has 3 N–H and O–H groups in total. The number of carbonyl (C=O) groups excluding carboxylic acids is 1. The summed E-state index contributed by atoms with van der Waals surface area (Å²) >= 11 is 0. The van der Waals surface area contributed by atoms with Crippen molar-refractivity contribution in [2.75, 3.05) is 11.9 Å². The van der Waals surface area contributed by atoms with Crippen molar-refractivity contribution >= 4 is 11.6 Å². The molecule has 0 aromatic heterocycles. The van der Waals surface area contributed by atoms with Crippen LogP contribution in [-0.4, -0.2) is 12.5 Å². The van der Waals surface area contributed by atoms with Crippen LogP contribution in [0.3, 0.4) is 0 Å². The van der Waals surface area contributed by atoms with Gasteiger partial charge in [-0.05, 0) is 61.3 Å². The molecule has 2 aromatic carbocycles. The summed E-state index contributed by atoms with van der Waals surface area (Å²) in [5, 5.41) is 2.78. The van der Waals surface area contributed by atoms with E-state index in [1.165, 1.54) is 18.2 Å². The van der Waals surface area contributed by atoms with Crippen molar-refractivity contribution in [3.63, 3.8) is 0 Å². The first-order valence-electron chi connectivity index (χ1n) is 6.46. The molecule has 0 spiro atoms. The number of nitrogens with one attached hydrogen (secondary N) is 1. The summed E-state index contributed by atoms with van der Waals surface area (Å²) in [4.78, 5) is 12.0. The van der Waals surface area contributed by atoms with Crippen LogP contribution in [0.5, 0.6) is 0 Å². The number of benzene rings is 2. The van der Waals surface area contributed by atoms with Gasteiger partial charge in [-0.15, -0.1) is 0 Å². The molecule has 0 bridgehead atoms. The second kappa shape index (κ2) is 6.30. The molecule has 1 amide bonds. The van der Waals surface area contributed by atoms with Crippen LogP contribution in [0.2, 0.25) is 0 Å². The first kappa shape index (κ1) is 14.2. The Morgan fingerprint density at radius 2 is 1.90 bits per heavy atom. The van der Waals surface area contributed by atoms with E-state index in [1.807, 2.05) is 24.3 Å².